The first-order valence-electron chi connectivity index (χ1n) is 10.3. The van der Waals surface area contributed by atoms with Crippen LogP contribution < -0.4 is 5.32 Å². The number of carbonyl (C=O) groups excluding carboxylic acids is 1. The normalized spacial score (nSPS) is 17.4. The van der Waals surface area contributed by atoms with Gasteiger partial charge >= 0.3 is 0 Å². The highest BCUT2D eigenvalue weighted by atomic mass is 16.3. The van der Waals surface area contributed by atoms with E-state index in [1.165, 1.54) is 0 Å². The van der Waals surface area contributed by atoms with Crippen molar-refractivity contribution in [1.29, 1.82) is 0 Å². The highest BCUT2D eigenvalue weighted by molar-refractivity contribution is 5.92. The van der Waals surface area contributed by atoms with Gasteiger partial charge in [-0.2, -0.15) is 5.10 Å². The highest BCUT2D eigenvalue weighted by Crippen LogP contribution is 2.23. The lowest BCUT2D eigenvalue weighted by Crippen LogP contribution is -2.40. The van der Waals surface area contributed by atoms with Gasteiger partial charge in [-0.05, 0) is 55.6 Å². The maximum atomic E-state index is 12.5. The lowest BCUT2D eigenvalue weighted by molar-refractivity contribution is 0.0924. The number of aromatic nitrogens is 4. The van der Waals surface area contributed by atoms with Crippen LogP contribution in [0.4, 0.5) is 0 Å². The van der Waals surface area contributed by atoms with Crippen LogP contribution in [0.2, 0.25) is 0 Å². The third kappa shape index (κ3) is 3.99. The molecule has 1 atom stereocenters. The molecule has 8 nitrogen and oxygen atoms in total. The first-order chi connectivity index (χ1) is 14.7. The molecule has 1 unspecified atom stereocenters. The van der Waals surface area contributed by atoms with Gasteiger partial charge in [0.1, 0.15) is 22.8 Å². The molecule has 4 aromatic heterocycles. The number of nitrogens with zero attached hydrogens (tertiary/aromatic N) is 4. The molecule has 0 aromatic carbocycles. The minimum absolute atomic E-state index is 0.119. The Morgan fingerprint density at radius 3 is 3.10 bits per heavy atom. The Bertz CT molecular complexity index is 1100. The topological polar surface area (TPSA) is 91.5 Å². The van der Waals surface area contributed by atoms with Crippen molar-refractivity contribution in [2.75, 3.05) is 19.6 Å². The summed E-state index contributed by atoms with van der Waals surface area (Å²) in [6.07, 6.45) is 7.60. The standard InChI is InChI=1S/C22H24N6O2/c29-22(19-15-28-11-2-1-5-21(28)25-19)23-12-16-4-3-10-27(13-16)14-17-6-7-20(30-17)18-8-9-24-26-18/h1-2,5-9,11,15-16H,3-4,10,12-14H2,(H,23,29)(H,24,26). The Labute approximate surface area is 173 Å². The zero-order valence-corrected chi connectivity index (χ0v) is 16.6. The number of pyridine rings is 1. The SMILES string of the molecule is O=C(NCC1CCCN(Cc2ccc(-c3ccn[nH]3)o2)C1)c1cn2ccccc2n1. The quantitative estimate of drug-likeness (QED) is 0.516. The molecule has 5 rings (SSSR count). The van der Waals surface area contributed by atoms with Crippen LogP contribution in [0, 0.1) is 5.92 Å². The van der Waals surface area contributed by atoms with E-state index in [2.05, 4.69) is 25.4 Å². The van der Waals surface area contributed by atoms with Crippen molar-refractivity contribution in [3.63, 3.8) is 0 Å². The molecule has 1 fully saturated rings. The van der Waals surface area contributed by atoms with E-state index in [9.17, 15) is 4.79 Å². The summed E-state index contributed by atoms with van der Waals surface area (Å²) in [5.41, 5.74) is 2.11. The number of hydrogen-bond acceptors (Lipinski definition) is 5. The molecule has 1 aliphatic heterocycles. The number of piperidine rings is 1. The van der Waals surface area contributed by atoms with E-state index >= 15 is 0 Å². The molecule has 1 aliphatic rings. The summed E-state index contributed by atoms with van der Waals surface area (Å²) in [5.74, 6) is 2.04. The van der Waals surface area contributed by atoms with Crippen LogP contribution in [0.3, 0.4) is 0 Å². The van der Waals surface area contributed by atoms with Crippen molar-refractivity contribution in [2.45, 2.75) is 19.4 Å². The van der Waals surface area contributed by atoms with E-state index < -0.39 is 0 Å². The summed E-state index contributed by atoms with van der Waals surface area (Å²) in [5, 5.41) is 9.95. The van der Waals surface area contributed by atoms with E-state index in [4.69, 9.17) is 4.42 Å². The van der Waals surface area contributed by atoms with Crippen molar-refractivity contribution in [3.8, 4) is 11.5 Å². The molecule has 5 heterocycles. The van der Waals surface area contributed by atoms with E-state index in [1.54, 1.807) is 12.4 Å². The van der Waals surface area contributed by atoms with Gasteiger partial charge in [0.2, 0.25) is 0 Å². The zero-order chi connectivity index (χ0) is 20.3. The number of hydrogen-bond donors (Lipinski definition) is 2. The van der Waals surface area contributed by atoms with Crippen LogP contribution in [0.5, 0.6) is 0 Å². The molecule has 154 valence electrons. The second-order valence-electron chi connectivity index (χ2n) is 7.78. The fourth-order valence-corrected chi connectivity index (χ4v) is 4.05. The second-order valence-corrected chi connectivity index (χ2v) is 7.78. The Balaban J connectivity index is 1.15. The Hall–Kier alpha value is -3.39. The Morgan fingerprint density at radius 2 is 2.23 bits per heavy atom. The third-order valence-corrected chi connectivity index (χ3v) is 5.56. The molecule has 0 bridgehead atoms. The molecule has 0 spiro atoms. The number of H-pyrrole nitrogens is 1. The number of fused-ring (bicyclic) bond motifs is 1. The van der Waals surface area contributed by atoms with E-state index in [1.807, 2.05) is 47.0 Å². The smallest absolute Gasteiger partial charge is 0.271 e. The summed E-state index contributed by atoms with van der Waals surface area (Å²) in [6.45, 7) is 3.40. The monoisotopic (exact) mass is 404 g/mol. The van der Waals surface area contributed by atoms with Gasteiger partial charge in [0.15, 0.2) is 5.76 Å². The Kier molecular flexibility index (Phi) is 5.06. The maximum Gasteiger partial charge on any atom is 0.271 e. The number of amides is 1. The molecule has 1 saturated heterocycles. The fourth-order valence-electron chi connectivity index (χ4n) is 4.05. The van der Waals surface area contributed by atoms with E-state index in [0.29, 0.717) is 18.2 Å². The van der Waals surface area contributed by atoms with Gasteiger partial charge in [0.25, 0.3) is 5.91 Å². The van der Waals surface area contributed by atoms with E-state index in [-0.39, 0.29) is 5.91 Å². The number of nitrogens with one attached hydrogen (secondary N) is 2. The van der Waals surface area contributed by atoms with Crippen molar-refractivity contribution in [1.82, 2.24) is 29.8 Å². The highest BCUT2D eigenvalue weighted by Gasteiger charge is 2.22. The number of rotatable bonds is 6. The molecule has 8 heteroatoms. The largest absolute Gasteiger partial charge is 0.458 e. The first kappa shape index (κ1) is 18.6. The van der Waals surface area contributed by atoms with Crippen LogP contribution >= 0.6 is 0 Å². The van der Waals surface area contributed by atoms with Crippen molar-refractivity contribution >= 4 is 11.6 Å². The van der Waals surface area contributed by atoms with Gasteiger partial charge in [-0.15, -0.1) is 0 Å². The van der Waals surface area contributed by atoms with Gasteiger partial charge in [-0.25, -0.2) is 4.98 Å². The van der Waals surface area contributed by atoms with Gasteiger partial charge in [0, 0.05) is 31.7 Å². The molecule has 30 heavy (non-hydrogen) atoms. The summed E-state index contributed by atoms with van der Waals surface area (Å²) in [6, 6.07) is 11.6. The predicted molar refractivity (Wildman–Crippen MR) is 112 cm³/mol. The average molecular weight is 404 g/mol. The van der Waals surface area contributed by atoms with Crippen LogP contribution in [0.15, 0.2) is 59.4 Å². The molecule has 2 N–H and O–H groups in total. The van der Waals surface area contributed by atoms with Gasteiger partial charge in [-0.1, -0.05) is 6.07 Å². The number of carbonyl (C=O) groups is 1. The lowest BCUT2D eigenvalue weighted by atomic mass is 9.98. The molecule has 0 aliphatic carbocycles. The van der Waals surface area contributed by atoms with Crippen molar-refractivity contribution < 1.29 is 9.21 Å². The molecule has 4 aromatic rings. The minimum atomic E-state index is -0.119. The Morgan fingerprint density at radius 1 is 1.27 bits per heavy atom. The second kappa shape index (κ2) is 8.16. The summed E-state index contributed by atoms with van der Waals surface area (Å²) < 4.78 is 7.82. The summed E-state index contributed by atoms with van der Waals surface area (Å²) >= 11 is 0. The lowest BCUT2D eigenvalue weighted by Gasteiger charge is -2.32. The number of imidazole rings is 1. The van der Waals surface area contributed by atoms with Crippen LogP contribution in [0.1, 0.15) is 29.1 Å². The van der Waals surface area contributed by atoms with Crippen molar-refractivity contribution in [2.24, 2.45) is 5.92 Å². The summed E-state index contributed by atoms with van der Waals surface area (Å²) in [4.78, 5) is 19.3. The molecular formula is C22H24N6O2. The van der Waals surface area contributed by atoms with Crippen LogP contribution in [0.25, 0.3) is 17.1 Å². The van der Waals surface area contributed by atoms with Gasteiger partial charge in [0.05, 0.1) is 6.54 Å². The fraction of sp³-hybridized carbons (Fsp3) is 0.318. The number of aromatic amines is 1. The first-order valence-corrected chi connectivity index (χ1v) is 10.3. The van der Waals surface area contributed by atoms with E-state index in [0.717, 1.165) is 55.3 Å². The van der Waals surface area contributed by atoms with Crippen molar-refractivity contribution in [3.05, 3.63) is 66.4 Å². The maximum absolute atomic E-state index is 12.5. The number of likely N-dealkylation sites (tertiary alicyclic amines) is 1. The zero-order valence-electron chi connectivity index (χ0n) is 16.6. The molecule has 1 amide bonds. The van der Waals surface area contributed by atoms with Crippen LogP contribution in [-0.2, 0) is 6.54 Å². The van der Waals surface area contributed by atoms with Crippen LogP contribution in [-0.4, -0.2) is 50.0 Å². The van der Waals surface area contributed by atoms with Gasteiger partial charge in [-0.3, -0.25) is 14.8 Å². The van der Waals surface area contributed by atoms with Gasteiger partial charge < -0.3 is 14.1 Å². The minimum Gasteiger partial charge on any atom is -0.458 e. The molecular weight excluding hydrogens is 380 g/mol. The molecule has 0 saturated carbocycles. The third-order valence-electron chi connectivity index (χ3n) is 5.56. The summed E-state index contributed by atoms with van der Waals surface area (Å²) in [7, 11) is 0. The number of furan rings is 1. The molecule has 0 radical (unpaired) electrons. The average Bonchev–Trinajstić information content (AvgIpc) is 3.52. The predicted octanol–water partition coefficient (Wildman–Crippen LogP) is 2.96.